The highest BCUT2D eigenvalue weighted by Crippen LogP contribution is 2.38. The van der Waals surface area contributed by atoms with Gasteiger partial charge in [0.2, 0.25) is 0 Å². The van der Waals surface area contributed by atoms with E-state index in [0.717, 1.165) is 6.07 Å². The Labute approximate surface area is 170 Å². The normalized spacial score (nSPS) is 16.7. The van der Waals surface area contributed by atoms with Gasteiger partial charge in [-0.2, -0.15) is 13.2 Å². The number of thiocarbonyl (C=S) groups is 1. The second-order valence-electron chi connectivity index (χ2n) is 6.31. The number of allylic oxidation sites excluding steroid dienone is 1. The molecule has 1 aliphatic heterocycles. The number of amides is 1. The average molecular weight is 421 g/mol. The van der Waals surface area contributed by atoms with Gasteiger partial charge in [-0.1, -0.05) is 30.3 Å². The topological polar surface area (TPSA) is 62.4 Å². The first-order valence-corrected chi connectivity index (χ1v) is 9.02. The number of para-hydroxylation sites is 2. The number of benzene rings is 2. The van der Waals surface area contributed by atoms with Crippen molar-refractivity contribution >= 4 is 28.9 Å². The van der Waals surface area contributed by atoms with Gasteiger partial charge >= 0.3 is 6.18 Å². The van der Waals surface area contributed by atoms with Crippen LogP contribution in [0.5, 0.6) is 5.75 Å². The Morgan fingerprint density at radius 1 is 1.14 bits per heavy atom. The van der Waals surface area contributed by atoms with Gasteiger partial charge in [0, 0.05) is 5.70 Å². The molecule has 0 aromatic heterocycles. The molecule has 0 saturated carbocycles. The van der Waals surface area contributed by atoms with Crippen molar-refractivity contribution in [2.24, 2.45) is 0 Å². The molecule has 5 nitrogen and oxygen atoms in total. The van der Waals surface area contributed by atoms with Gasteiger partial charge in [-0.05, 0) is 42.9 Å². The second kappa shape index (κ2) is 8.12. The molecule has 0 fully saturated rings. The minimum Gasteiger partial charge on any atom is -0.495 e. The first-order chi connectivity index (χ1) is 13.7. The van der Waals surface area contributed by atoms with Crippen LogP contribution < -0.4 is 20.7 Å². The van der Waals surface area contributed by atoms with E-state index in [2.05, 4.69) is 16.0 Å². The summed E-state index contributed by atoms with van der Waals surface area (Å²) in [7, 11) is 1.46. The van der Waals surface area contributed by atoms with E-state index in [-0.39, 0.29) is 16.2 Å². The third kappa shape index (κ3) is 4.34. The van der Waals surface area contributed by atoms with Crippen LogP contribution in [-0.2, 0) is 11.0 Å². The van der Waals surface area contributed by atoms with Gasteiger partial charge in [0.25, 0.3) is 5.91 Å². The number of hydrogen-bond acceptors (Lipinski definition) is 3. The van der Waals surface area contributed by atoms with E-state index < -0.39 is 23.7 Å². The van der Waals surface area contributed by atoms with Crippen LogP contribution in [0.3, 0.4) is 0 Å². The highest BCUT2D eigenvalue weighted by molar-refractivity contribution is 7.80. The maximum absolute atomic E-state index is 13.6. The highest BCUT2D eigenvalue weighted by Gasteiger charge is 2.39. The maximum Gasteiger partial charge on any atom is 0.416 e. The summed E-state index contributed by atoms with van der Waals surface area (Å²) in [4.78, 5) is 13.1. The Kier molecular flexibility index (Phi) is 5.78. The first kappa shape index (κ1) is 20.7. The van der Waals surface area contributed by atoms with Gasteiger partial charge in [0.15, 0.2) is 5.11 Å². The number of carbonyl (C=O) groups is 1. The molecular formula is C20H18F3N3O2S. The summed E-state index contributed by atoms with van der Waals surface area (Å²) in [5.41, 5.74) is -0.0633. The molecule has 29 heavy (non-hydrogen) atoms. The molecule has 2 aromatic carbocycles. The predicted octanol–water partition coefficient (Wildman–Crippen LogP) is 4.15. The third-order valence-corrected chi connectivity index (χ3v) is 4.67. The number of alkyl halides is 3. The lowest BCUT2D eigenvalue weighted by Crippen LogP contribution is -2.46. The molecule has 1 amide bonds. The summed E-state index contributed by atoms with van der Waals surface area (Å²) in [6.07, 6.45) is -4.58. The SMILES string of the molecule is COc1ccccc1NC(=O)C1=C(C)NC(=S)N[C@@H]1c1ccccc1C(F)(F)F. The first-order valence-electron chi connectivity index (χ1n) is 8.61. The number of anilines is 1. The van der Waals surface area contributed by atoms with Crippen LogP contribution in [-0.4, -0.2) is 18.1 Å². The molecule has 1 atom stereocenters. The van der Waals surface area contributed by atoms with Gasteiger partial charge < -0.3 is 20.7 Å². The zero-order chi connectivity index (χ0) is 21.2. The number of ether oxygens (including phenoxy) is 1. The maximum atomic E-state index is 13.6. The fraction of sp³-hybridized carbons (Fsp3) is 0.200. The fourth-order valence-electron chi connectivity index (χ4n) is 3.17. The molecule has 0 radical (unpaired) electrons. The lowest BCUT2D eigenvalue weighted by atomic mass is 9.91. The van der Waals surface area contributed by atoms with E-state index in [0.29, 0.717) is 17.1 Å². The second-order valence-corrected chi connectivity index (χ2v) is 6.72. The van der Waals surface area contributed by atoms with E-state index >= 15 is 0 Å². The van der Waals surface area contributed by atoms with Gasteiger partial charge in [-0.15, -0.1) is 0 Å². The Bertz CT molecular complexity index is 989. The summed E-state index contributed by atoms with van der Waals surface area (Å²) in [5, 5.41) is 8.45. The van der Waals surface area contributed by atoms with Crippen molar-refractivity contribution in [1.82, 2.24) is 10.6 Å². The molecule has 1 aliphatic rings. The predicted molar refractivity (Wildman–Crippen MR) is 107 cm³/mol. The monoisotopic (exact) mass is 421 g/mol. The quantitative estimate of drug-likeness (QED) is 0.648. The van der Waals surface area contributed by atoms with Crippen molar-refractivity contribution in [1.29, 1.82) is 0 Å². The molecule has 0 aliphatic carbocycles. The molecule has 1 heterocycles. The molecule has 0 saturated heterocycles. The van der Waals surface area contributed by atoms with E-state index in [9.17, 15) is 18.0 Å². The van der Waals surface area contributed by atoms with Crippen molar-refractivity contribution in [3.63, 3.8) is 0 Å². The molecule has 0 unspecified atom stereocenters. The molecule has 9 heteroatoms. The molecule has 0 bridgehead atoms. The number of rotatable bonds is 4. The number of hydrogen-bond donors (Lipinski definition) is 3. The van der Waals surface area contributed by atoms with Crippen LogP contribution in [0.15, 0.2) is 59.8 Å². The molecule has 0 spiro atoms. The van der Waals surface area contributed by atoms with Gasteiger partial charge in [-0.25, -0.2) is 0 Å². The van der Waals surface area contributed by atoms with E-state index in [4.69, 9.17) is 17.0 Å². The number of halogens is 3. The van der Waals surface area contributed by atoms with Crippen molar-refractivity contribution in [3.8, 4) is 5.75 Å². The lowest BCUT2D eigenvalue weighted by molar-refractivity contribution is -0.138. The van der Waals surface area contributed by atoms with Crippen LogP contribution in [0.4, 0.5) is 18.9 Å². The summed E-state index contributed by atoms with van der Waals surface area (Å²) in [5.74, 6) is -0.143. The van der Waals surface area contributed by atoms with E-state index in [1.54, 1.807) is 31.2 Å². The number of nitrogens with one attached hydrogen (secondary N) is 3. The standard InChI is InChI=1S/C20H18F3N3O2S/c1-11-16(18(27)25-14-9-5-6-10-15(14)28-2)17(26-19(29)24-11)12-7-3-4-8-13(12)20(21,22)23/h3-10,17H,1-2H3,(H,25,27)(H2,24,26,29)/t17-/m1/s1. The van der Waals surface area contributed by atoms with Crippen LogP contribution in [0.1, 0.15) is 24.1 Å². The van der Waals surface area contributed by atoms with Gasteiger partial charge in [0.1, 0.15) is 5.75 Å². The van der Waals surface area contributed by atoms with Crippen LogP contribution in [0.2, 0.25) is 0 Å². The lowest BCUT2D eigenvalue weighted by Gasteiger charge is -2.31. The minimum absolute atomic E-state index is 0.0895. The zero-order valence-corrected chi connectivity index (χ0v) is 16.4. The third-order valence-electron chi connectivity index (χ3n) is 4.45. The number of carbonyl (C=O) groups excluding carboxylic acids is 1. The summed E-state index contributed by atoms with van der Waals surface area (Å²) < 4.78 is 45.9. The van der Waals surface area contributed by atoms with Crippen molar-refractivity contribution in [2.45, 2.75) is 19.1 Å². The van der Waals surface area contributed by atoms with Crippen molar-refractivity contribution in [2.75, 3.05) is 12.4 Å². The Balaban J connectivity index is 2.05. The summed E-state index contributed by atoms with van der Waals surface area (Å²) >= 11 is 5.12. The molecular weight excluding hydrogens is 403 g/mol. The Morgan fingerprint density at radius 2 is 1.79 bits per heavy atom. The zero-order valence-electron chi connectivity index (χ0n) is 15.6. The minimum atomic E-state index is -4.58. The van der Waals surface area contributed by atoms with Crippen molar-refractivity contribution in [3.05, 3.63) is 70.9 Å². The Morgan fingerprint density at radius 3 is 2.48 bits per heavy atom. The average Bonchev–Trinajstić information content (AvgIpc) is 2.67. The summed E-state index contributed by atoms with van der Waals surface area (Å²) in [6, 6.07) is 10.8. The molecule has 152 valence electrons. The van der Waals surface area contributed by atoms with Crippen LogP contribution >= 0.6 is 12.2 Å². The van der Waals surface area contributed by atoms with Crippen molar-refractivity contribution < 1.29 is 22.7 Å². The fourth-order valence-corrected chi connectivity index (χ4v) is 3.44. The smallest absolute Gasteiger partial charge is 0.416 e. The molecule has 2 aromatic rings. The van der Waals surface area contributed by atoms with Crippen LogP contribution in [0, 0.1) is 0 Å². The largest absolute Gasteiger partial charge is 0.495 e. The van der Waals surface area contributed by atoms with E-state index in [1.165, 1.54) is 25.3 Å². The van der Waals surface area contributed by atoms with Gasteiger partial charge in [0.05, 0.1) is 30.0 Å². The number of methoxy groups -OCH3 is 1. The van der Waals surface area contributed by atoms with E-state index in [1.807, 2.05) is 0 Å². The molecule has 3 rings (SSSR count). The summed E-state index contributed by atoms with van der Waals surface area (Å²) in [6.45, 7) is 1.59. The molecule has 3 N–H and O–H groups in total. The van der Waals surface area contributed by atoms with Crippen LogP contribution in [0.25, 0.3) is 0 Å². The van der Waals surface area contributed by atoms with Gasteiger partial charge in [-0.3, -0.25) is 4.79 Å². The highest BCUT2D eigenvalue weighted by atomic mass is 32.1. The Hall–Kier alpha value is -3.07.